The van der Waals surface area contributed by atoms with E-state index in [2.05, 4.69) is 5.32 Å². The van der Waals surface area contributed by atoms with Crippen molar-refractivity contribution in [1.82, 2.24) is 5.32 Å². The SMILES string of the molecule is COC1(CNC(C)c2ccc(F)c(F)c2)CCC1. The van der Waals surface area contributed by atoms with Crippen LogP contribution in [0.1, 0.15) is 37.8 Å². The average Bonchev–Trinajstić information content (AvgIpc) is 2.31. The van der Waals surface area contributed by atoms with E-state index in [1.54, 1.807) is 13.2 Å². The summed E-state index contributed by atoms with van der Waals surface area (Å²) in [5.41, 5.74) is 0.687. The number of hydrogen-bond donors (Lipinski definition) is 1. The molecule has 1 fully saturated rings. The molecule has 2 rings (SSSR count). The van der Waals surface area contributed by atoms with E-state index in [0.29, 0.717) is 0 Å². The molecule has 0 aromatic heterocycles. The summed E-state index contributed by atoms with van der Waals surface area (Å²) in [7, 11) is 1.73. The van der Waals surface area contributed by atoms with E-state index < -0.39 is 11.6 Å². The number of rotatable bonds is 5. The lowest BCUT2D eigenvalue weighted by atomic mass is 9.80. The van der Waals surface area contributed by atoms with Crippen LogP contribution in [0.5, 0.6) is 0 Å². The lowest BCUT2D eigenvalue weighted by molar-refractivity contribution is -0.0706. The molecule has 0 amide bonds. The molecule has 0 heterocycles. The minimum Gasteiger partial charge on any atom is -0.377 e. The van der Waals surface area contributed by atoms with Crippen molar-refractivity contribution >= 4 is 0 Å². The maximum atomic E-state index is 13.1. The van der Waals surface area contributed by atoms with Crippen LogP contribution in [-0.4, -0.2) is 19.3 Å². The van der Waals surface area contributed by atoms with Crippen LogP contribution >= 0.6 is 0 Å². The molecule has 0 spiro atoms. The minimum atomic E-state index is -0.807. The molecule has 2 nitrogen and oxygen atoms in total. The number of benzene rings is 1. The third-order valence-electron chi connectivity index (χ3n) is 3.87. The summed E-state index contributed by atoms with van der Waals surface area (Å²) in [6.07, 6.45) is 3.30. The van der Waals surface area contributed by atoms with Gasteiger partial charge in [0.15, 0.2) is 11.6 Å². The highest BCUT2D eigenvalue weighted by molar-refractivity contribution is 5.20. The first kappa shape index (κ1) is 13.4. The highest BCUT2D eigenvalue weighted by atomic mass is 19.2. The second-order valence-electron chi connectivity index (χ2n) is 5.02. The Hall–Kier alpha value is -1.00. The largest absolute Gasteiger partial charge is 0.377 e. The van der Waals surface area contributed by atoms with E-state index in [4.69, 9.17) is 4.74 Å². The zero-order chi connectivity index (χ0) is 13.2. The summed E-state index contributed by atoms with van der Waals surface area (Å²) >= 11 is 0. The summed E-state index contributed by atoms with van der Waals surface area (Å²) in [5, 5.41) is 3.33. The smallest absolute Gasteiger partial charge is 0.159 e. The standard InChI is InChI=1S/C14H19F2NO/c1-10(11-4-5-12(15)13(16)8-11)17-9-14(18-2)6-3-7-14/h4-5,8,10,17H,3,6-7,9H2,1-2H3. The van der Waals surface area contributed by atoms with Gasteiger partial charge in [-0.3, -0.25) is 0 Å². The lowest BCUT2D eigenvalue weighted by Crippen LogP contribution is -2.48. The summed E-state index contributed by atoms with van der Waals surface area (Å²) in [6.45, 7) is 2.68. The van der Waals surface area contributed by atoms with Gasteiger partial charge in [0, 0.05) is 19.7 Å². The Morgan fingerprint density at radius 1 is 1.33 bits per heavy atom. The van der Waals surface area contributed by atoms with Crippen molar-refractivity contribution in [2.24, 2.45) is 0 Å². The zero-order valence-corrected chi connectivity index (χ0v) is 10.8. The van der Waals surface area contributed by atoms with Crippen molar-refractivity contribution in [2.45, 2.75) is 37.8 Å². The summed E-state index contributed by atoms with van der Waals surface area (Å²) in [6, 6.07) is 4.00. The molecule has 1 unspecified atom stereocenters. The summed E-state index contributed by atoms with van der Waals surface area (Å²) in [5.74, 6) is -1.61. The first-order chi connectivity index (χ1) is 8.56. The minimum absolute atomic E-state index is 0.0206. The van der Waals surface area contributed by atoms with Crippen LogP contribution in [0, 0.1) is 11.6 Å². The van der Waals surface area contributed by atoms with Gasteiger partial charge < -0.3 is 10.1 Å². The van der Waals surface area contributed by atoms with Crippen molar-refractivity contribution in [1.29, 1.82) is 0 Å². The molecule has 100 valence electrons. The van der Waals surface area contributed by atoms with Gasteiger partial charge in [-0.15, -0.1) is 0 Å². The quantitative estimate of drug-likeness (QED) is 0.872. The van der Waals surface area contributed by atoms with E-state index in [1.165, 1.54) is 12.5 Å². The Balaban J connectivity index is 1.94. The van der Waals surface area contributed by atoms with Crippen LogP contribution in [0.25, 0.3) is 0 Å². The Bertz CT molecular complexity index is 413. The van der Waals surface area contributed by atoms with Crippen LogP contribution in [0.15, 0.2) is 18.2 Å². The van der Waals surface area contributed by atoms with Crippen molar-refractivity contribution in [3.05, 3.63) is 35.4 Å². The fourth-order valence-electron chi connectivity index (χ4n) is 2.26. The molecule has 0 saturated heterocycles. The van der Waals surface area contributed by atoms with E-state index in [-0.39, 0.29) is 11.6 Å². The number of ether oxygens (including phenoxy) is 1. The maximum absolute atomic E-state index is 13.1. The topological polar surface area (TPSA) is 21.3 Å². The van der Waals surface area contributed by atoms with Crippen LogP contribution < -0.4 is 5.32 Å². The maximum Gasteiger partial charge on any atom is 0.159 e. The molecule has 0 radical (unpaired) electrons. The van der Waals surface area contributed by atoms with Gasteiger partial charge in [0.05, 0.1) is 5.60 Å². The number of halogens is 2. The summed E-state index contributed by atoms with van der Waals surface area (Å²) in [4.78, 5) is 0. The van der Waals surface area contributed by atoms with Crippen molar-refractivity contribution in [2.75, 3.05) is 13.7 Å². The highest BCUT2D eigenvalue weighted by Crippen LogP contribution is 2.34. The van der Waals surface area contributed by atoms with Crippen molar-refractivity contribution in [3.8, 4) is 0 Å². The third-order valence-corrected chi connectivity index (χ3v) is 3.87. The molecule has 0 aliphatic heterocycles. The van der Waals surface area contributed by atoms with Crippen LogP contribution in [0.3, 0.4) is 0 Å². The van der Waals surface area contributed by atoms with Crippen LogP contribution in [-0.2, 0) is 4.74 Å². The summed E-state index contributed by atoms with van der Waals surface area (Å²) < 4.78 is 31.5. The monoisotopic (exact) mass is 255 g/mol. The van der Waals surface area contributed by atoms with Gasteiger partial charge in [0.1, 0.15) is 0 Å². The molecule has 1 atom stereocenters. The number of hydrogen-bond acceptors (Lipinski definition) is 2. The van der Waals surface area contributed by atoms with Crippen molar-refractivity contribution in [3.63, 3.8) is 0 Å². The molecule has 1 aliphatic rings. The fraction of sp³-hybridized carbons (Fsp3) is 0.571. The van der Waals surface area contributed by atoms with E-state index in [0.717, 1.165) is 31.0 Å². The highest BCUT2D eigenvalue weighted by Gasteiger charge is 2.36. The molecule has 1 saturated carbocycles. The van der Waals surface area contributed by atoms with Gasteiger partial charge in [-0.25, -0.2) is 8.78 Å². The normalized spacial score (nSPS) is 19.3. The zero-order valence-electron chi connectivity index (χ0n) is 10.8. The second-order valence-corrected chi connectivity index (χ2v) is 5.02. The lowest BCUT2D eigenvalue weighted by Gasteiger charge is -2.41. The Labute approximate surface area is 106 Å². The molecule has 18 heavy (non-hydrogen) atoms. The molecule has 1 aromatic rings. The Morgan fingerprint density at radius 2 is 2.06 bits per heavy atom. The molecular weight excluding hydrogens is 236 g/mol. The fourth-order valence-corrected chi connectivity index (χ4v) is 2.26. The molecule has 0 bridgehead atoms. The van der Waals surface area contributed by atoms with Crippen molar-refractivity contribution < 1.29 is 13.5 Å². The predicted molar refractivity (Wildman–Crippen MR) is 66.4 cm³/mol. The molecule has 1 N–H and O–H groups in total. The van der Waals surface area contributed by atoms with E-state index in [1.807, 2.05) is 6.92 Å². The molecular formula is C14H19F2NO. The van der Waals surface area contributed by atoms with Gasteiger partial charge >= 0.3 is 0 Å². The second kappa shape index (κ2) is 5.33. The molecule has 4 heteroatoms. The molecule has 1 aliphatic carbocycles. The van der Waals surface area contributed by atoms with E-state index >= 15 is 0 Å². The van der Waals surface area contributed by atoms with Crippen LogP contribution in [0.4, 0.5) is 8.78 Å². The number of nitrogens with one attached hydrogen (secondary N) is 1. The van der Waals surface area contributed by atoms with Gasteiger partial charge in [-0.1, -0.05) is 6.07 Å². The first-order valence-electron chi connectivity index (χ1n) is 6.30. The molecule has 1 aromatic carbocycles. The Kier molecular flexibility index (Phi) is 3.97. The Morgan fingerprint density at radius 3 is 2.56 bits per heavy atom. The number of methoxy groups -OCH3 is 1. The average molecular weight is 255 g/mol. The van der Waals surface area contributed by atoms with Gasteiger partial charge in [0.2, 0.25) is 0 Å². The van der Waals surface area contributed by atoms with Gasteiger partial charge in [-0.2, -0.15) is 0 Å². The van der Waals surface area contributed by atoms with Gasteiger partial charge in [-0.05, 0) is 43.9 Å². The predicted octanol–water partition coefficient (Wildman–Crippen LogP) is 3.18. The van der Waals surface area contributed by atoms with E-state index in [9.17, 15) is 8.78 Å². The first-order valence-corrected chi connectivity index (χ1v) is 6.30. The van der Waals surface area contributed by atoms with Crippen LogP contribution in [0.2, 0.25) is 0 Å². The third kappa shape index (κ3) is 2.70. The van der Waals surface area contributed by atoms with Gasteiger partial charge in [0.25, 0.3) is 0 Å².